The summed E-state index contributed by atoms with van der Waals surface area (Å²) in [6.45, 7) is 0. The second kappa shape index (κ2) is 5.28. The van der Waals surface area contributed by atoms with E-state index in [0.717, 1.165) is 5.52 Å². The van der Waals surface area contributed by atoms with Gasteiger partial charge in [0.25, 0.3) is 0 Å². The van der Waals surface area contributed by atoms with Crippen LogP contribution in [0, 0.1) is 0 Å². The summed E-state index contributed by atoms with van der Waals surface area (Å²) in [5.41, 5.74) is 7.73. The summed E-state index contributed by atoms with van der Waals surface area (Å²) in [5, 5.41) is 11.0. The number of fused-ring (bicyclic) bond motifs is 1. The molecule has 3 rings (SSSR count). The van der Waals surface area contributed by atoms with E-state index in [4.69, 9.17) is 15.6 Å². The Morgan fingerprint density at radius 1 is 1.23 bits per heavy atom. The van der Waals surface area contributed by atoms with Crippen molar-refractivity contribution >= 4 is 28.8 Å². The van der Waals surface area contributed by atoms with E-state index in [9.17, 15) is 4.79 Å². The number of amides is 1. The zero-order chi connectivity index (χ0) is 15.7. The molecule has 4 N–H and O–H groups in total. The van der Waals surface area contributed by atoms with Crippen LogP contribution in [-0.2, 0) is 7.05 Å². The highest BCUT2D eigenvalue weighted by molar-refractivity contribution is 5.86. The minimum atomic E-state index is -1.16. The number of nitrogens with zero attached hydrogens (tertiary/aromatic N) is 2. The van der Waals surface area contributed by atoms with Gasteiger partial charge in [0.1, 0.15) is 11.5 Å². The minimum absolute atomic E-state index is 0.257. The Labute approximate surface area is 125 Å². The quantitative estimate of drug-likeness (QED) is 0.645. The first-order chi connectivity index (χ1) is 10.5. The fourth-order valence-electron chi connectivity index (χ4n) is 2.12. The van der Waals surface area contributed by atoms with Crippen LogP contribution < -0.4 is 15.8 Å². The predicted octanol–water partition coefficient (Wildman–Crippen LogP) is 3.04. The first-order valence-electron chi connectivity index (χ1n) is 6.53. The van der Waals surface area contributed by atoms with Gasteiger partial charge in [-0.05, 0) is 36.4 Å². The van der Waals surface area contributed by atoms with E-state index in [1.807, 2.05) is 6.07 Å². The van der Waals surface area contributed by atoms with Crippen LogP contribution in [0.3, 0.4) is 0 Å². The number of nitrogen functional groups attached to an aromatic ring is 1. The summed E-state index contributed by atoms with van der Waals surface area (Å²) in [6.07, 6.45) is -1.16. The lowest BCUT2D eigenvalue weighted by Crippen LogP contribution is -2.11. The number of hydrogen-bond acceptors (Lipinski definition) is 4. The molecule has 1 aromatic heterocycles. The van der Waals surface area contributed by atoms with Crippen molar-refractivity contribution in [2.24, 2.45) is 7.05 Å². The number of benzene rings is 2. The SMILES string of the molecule is Cn1c(NC(=O)O)nc2cc(Oc3ccc(N)cc3)ccc21. The van der Waals surface area contributed by atoms with Gasteiger partial charge in [-0.3, -0.25) is 5.32 Å². The average Bonchev–Trinajstić information content (AvgIpc) is 2.77. The smallest absolute Gasteiger partial charge is 0.411 e. The zero-order valence-electron chi connectivity index (χ0n) is 11.8. The van der Waals surface area contributed by atoms with Crippen LogP contribution in [0.5, 0.6) is 11.5 Å². The molecule has 0 aliphatic carbocycles. The molecule has 22 heavy (non-hydrogen) atoms. The minimum Gasteiger partial charge on any atom is -0.465 e. The molecule has 0 radical (unpaired) electrons. The van der Waals surface area contributed by atoms with Gasteiger partial charge < -0.3 is 20.1 Å². The zero-order valence-corrected chi connectivity index (χ0v) is 11.8. The maximum absolute atomic E-state index is 10.7. The molecular formula is C15H14N4O3. The summed E-state index contributed by atoms with van der Waals surface area (Å²) in [4.78, 5) is 15.0. The first kappa shape index (κ1) is 13.7. The van der Waals surface area contributed by atoms with Crippen molar-refractivity contribution in [3.8, 4) is 11.5 Å². The van der Waals surface area contributed by atoms with Gasteiger partial charge in [-0.25, -0.2) is 9.78 Å². The molecule has 0 bridgehead atoms. The molecule has 3 aromatic rings. The van der Waals surface area contributed by atoms with E-state index in [1.165, 1.54) is 0 Å². The molecule has 0 atom stereocenters. The van der Waals surface area contributed by atoms with Crippen molar-refractivity contribution in [2.45, 2.75) is 0 Å². The van der Waals surface area contributed by atoms with Gasteiger partial charge in [-0.1, -0.05) is 0 Å². The standard InChI is InChI=1S/C15H14N4O3/c1-19-13-7-6-11(22-10-4-2-9(16)3-5-10)8-12(13)17-14(19)18-15(20)21/h2-8H,16H2,1H3,(H,17,18)(H,20,21). The number of ether oxygens (including phenoxy) is 1. The maximum atomic E-state index is 10.7. The highest BCUT2D eigenvalue weighted by Crippen LogP contribution is 2.27. The van der Waals surface area contributed by atoms with Gasteiger partial charge in [0.2, 0.25) is 5.95 Å². The molecule has 1 heterocycles. The Hall–Kier alpha value is -3.22. The molecule has 0 spiro atoms. The number of nitrogens with one attached hydrogen (secondary N) is 1. The van der Waals surface area contributed by atoms with Gasteiger partial charge in [0, 0.05) is 18.8 Å². The topological polar surface area (TPSA) is 102 Å². The lowest BCUT2D eigenvalue weighted by atomic mass is 10.3. The monoisotopic (exact) mass is 298 g/mol. The van der Waals surface area contributed by atoms with Crippen molar-refractivity contribution in [1.82, 2.24) is 9.55 Å². The summed E-state index contributed by atoms with van der Waals surface area (Å²) < 4.78 is 7.39. The fraction of sp³-hybridized carbons (Fsp3) is 0.0667. The lowest BCUT2D eigenvalue weighted by molar-refractivity contribution is 0.209. The number of aryl methyl sites for hydroxylation is 1. The van der Waals surface area contributed by atoms with Gasteiger partial charge in [-0.2, -0.15) is 0 Å². The van der Waals surface area contributed by atoms with Crippen molar-refractivity contribution in [3.63, 3.8) is 0 Å². The molecule has 0 saturated heterocycles. The Bertz CT molecular complexity index is 840. The number of anilines is 2. The third kappa shape index (κ3) is 2.64. The Morgan fingerprint density at radius 3 is 2.59 bits per heavy atom. The molecule has 0 unspecified atom stereocenters. The summed E-state index contributed by atoms with van der Waals surface area (Å²) >= 11 is 0. The van der Waals surface area contributed by atoms with Crippen molar-refractivity contribution < 1.29 is 14.6 Å². The van der Waals surface area contributed by atoms with Crippen LogP contribution in [0.25, 0.3) is 11.0 Å². The second-order valence-electron chi connectivity index (χ2n) is 4.75. The van der Waals surface area contributed by atoms with Crippen LogP contribution in [-0.4, -0.2) is 20.8 Å². The van der Waals surface area contributed by atoms with Crippen LogP contribution in [0.15, 0.2) is 42.5 Å². The molecule has 1 amide bonds. The fourth-order valence-corrected chi connectivity index (χ4v) is 2.12. The second-order valence-corrected chi connectivity index (χ2v) is 4.75. The van der Waals surface area contributed by atoms with Gasteiger partial charge >= 0.3 is 6.09 Å². The Balaban J connectivity index is 1.92. The van der Waals surface area contributed by atoms with Crippen molar-refractivity contribution in [1.29, 1.82) is 0 Å². The maximum Gasteiger partial charge on any atom is 0.411 e. The van der Waals surface area contributed by atoms with Crippen molar-refractivity contribution in [2.75, 3.05) is 11.1 Å². The normalized spacial score (nSPS) is 10.6. The molecule has 112 valence electrons. The number of rotatable bonds is 3. The number of carboxylic acid groups (broad SMARTS) is 1. The Morgan fingerprint density at radius 2 is 1.91 bits per heavy atom. The lowest BCUT2D eigenvalue weighted by Gasteiger charge is -2.06. The van der Waals surface area contributed by atoms with Gasteiger partial charge in [0.15, 0.2) is 0 Å². The van der Waals surface area contributed by atoms with E-state index in [0.29, 0.717) is 22.7 Å². The predicted molar refractivity (Wildman–Crippen MR) is 83.3 cm³/mol. The van der Waals surface area contributed by atoms with Gasteiger partial charge in [0.05, 0.1) is 11.0 Å². The number of nitrogens with two attached hydrogens (primary N) is 1. The number of carbonyl (C=O) groups is 1. The van der Waals surface area contributed by atoms with Crippen LogP contribution in [0.2, 0.25) is 0 Å². The summed E-state index contributed by atoms with van der Waals surface area (Å²) in [5.74, 6) is 1.53. The summed E-state index contributed by atoms with van der Waals surface area (Å²) in [6, 6.07) is 12.4. The third-order valence-corrected chi connectivity index (χ3v) is 3.19. The number of imidazole rings is 1. The van der Waals surface area contributed by atoms with E-state index < -0.39 is 6.09 Å². The summed E-state index contributed by atoms with van der Waals surface area (Å²) in [7, 11) is 1.74. The van der Waals surface area contributed by atoms with Crippen LogP contribution >= 0.6 is 0 Å². The molecular weight excluding hydrogens is 284 g/mol. The van der Waals surface area contributed by atoms with E-state index >= 15 is 0 Å². The highest BCUT2D eigenvalue weighted by atomic mass is 16.5. The van der Waals surface area contributed by atoms with Crippen LogP contribution in [0.4, 0.5) is 16.4 Å². The average molecular weight is 298 g/mol. The molecule has 0 fully saturated rings. The molecule has 7 nitrogen and oxygen atoms in total. The van der Waals surface area contributed by atoms with E-state index in [2.05, 4.69) is 10.3 Å². The molecule has 2 aromatic carbocycles. The molecule has 0 aliphatic rings. The number of aromatic nitrogens is 2. The van der Waals surface area contributed by atoms with Gasteiger partial charge in [-0.15, -0.1) is 0 Å². The van der Waals surface area contributed by atoms with E-state index in [-0.39, 0.29) is 5.95 Å². The largest absolute Gasteiger partial charge is 0.465 e. The molecule has 0 saturated carbocycles. The Kier molecular flexibility index (Phi) is 3.30. The van der Waals surface area contributed by atoms with E-state index in [1.54, 1.807) is 48.0 Å². The van der Waals surface area contributed by atoms with Crippen LogP contribution in [0.1, 0.15) is 0 Å². The molecule has 0 aliphatic heterocycles. The highest BCUT2D eigenvalue weighted by Gasteiger charge is 2.11. The first-order valence-corrected chi connectivity index (χ1v) is 6.53. The molecule has 7 heteroatoms. The third-order valence-electron chi connectivity index (χ3n) is 3.19. The van der Waals surface area contributed by atoms with Crippen molar-refractivity contribution in [3.05, 3.63) is 42.5 Å². The number of hydrogen-bond donors (Lipinski definition) is 3.